The van der Waals surface area contributed by atoms with E-state index in [2.05, 4.69) is 0 Å². The van der Waals surface area contributed by atoms with E-state index in [1.54, 1.807) is 0 Å². The van der Waals surface area contributed by atoms with Crippen LogP contribution in [0.4, 0.5) is 0 Å². The predicted molar refractivity (Wildman–Crippen MR) is 60.5 cm³/mol. The van der Waals surface area contributed by atoms with E-state index < -0.39 is 5.97 Å². The smallest absolute Gasteiger partial charge is 0.303 e. The number of carboxylic acid groups (broad SMARTS) is 1. The van der Waals surface area contributed by atoms with Gasteiger partial charge in [-0.2, -0.15) is 0 Å². The van der Waals surface area contributed by atoms with Gasteiger partial charge in [-0.1, -0.05) is 36.4 Å². The van der Waals surface area contributed by atoms with Crippen LogP contribution in [0.2, 0.25) is 0 Å². The Kier molecular flexibility index (Phi) is 4.57. The minimum Gasteiger partial charge on any atom is -0.481 e. The van der Waals surface area contributed by atoms with E-state index in [0.717, 1.165) is 11.1 Å². The van der Waals surface area contributed by atoms with Gasteiger partial charge in [0, 0.05) is 13.0 Å². The molecule has 3 nitrogen and oxygen atoms in total. The van der Waals surface area contributed by atoms with Crippen LogP contribution in [-0.2, 0) is 11.2 Å². The van der Waals surface area contributed by atoms with Gasteiger partial charge in [0.25, 0.3) is 0 Å². The van der Waals surface area contributed by atoms with Crippen LogP contribution in [0.15, 0.2) is 30.3 Å². The van der Waals surface area contributed by atoms with Crippen LogP contribution in [-0.4, -0.2) is 17.6 Å². The Morgan fingerprint density at radius 1 is 1.33 bits per heavy atom. The zero-order chi connectivity index (χ0) is 11.1. The summed E-state index contributed by atoms with van der Waals surface area (Å²) >= 11 is 0. The molecule has 0 radical (unpaired) electrons. The summed E-state index contributed by atoms with van der Waals surface area (Å²) in [6.45, 7) is 0.529. The van der Waals surface area contributed by atoms with Crippen molar-refractivity contribution in [2.24, 2.45) is 5.73 Å². The molecular formula is C12H15NO2. The molecule has 0 aromatic heterocycles. The Bertz CT molecular complexity index is 341. The van der Waals surface area contributed by atoms with E-state index in [1.807, 2.05) is 36.4 Å². The summed E-state index contributed by atoms with van der Waals surface area (Å²) in [5.74, 6) is -0.762. The van der Waals surface area contributed by atoms with Gasteiger partial charge in [0.05, 0.1) is 0 Å². The fourth-order valence-corrected chi connectivity index (χ4v) is 1.25. The van der Waals surface area contributed by atoms with Crippen molar-refractivity contribution >= 4 is 12.0 Å². The topological polar surface area (TPSA) is 63.3 Å². The molecule has 0 fully saturated rings. The van der Waals surface area contributed by atoms with Crippen LogP contribution >= 0.6 is 0 Å². The Balaban J connectivity index is 2.56. The van der Waals surface area contributed by atoms with Gasteiger partial charge in [-0.05, 0) is 17.5 Å². The van der Waals surface area contributed by atoms with E-state index in [-0.39, 0.29) is 6.42 Å². The third-order valence-corrected chi connectivity index (χ3v) is 2.05. The molecule has 15 heavy (non-hydrogen) atoms. The summed E-state index contributed by atoms with van der Waals surface area (Å²) in [5, 5.41) is 8.52. The maximum absolute atomic E-state index is 10.4. The molecule has 0 unspecified atom stereocenters. The monoisotopic (exact) mass is 205 g/mol. The van der Waals surface area contributed by atoms with Gasteiger partial charge in [-0.3, -0.25) is 4.79 Å². The average molecular weight is 205 g/mol. The largest absolute Gasteiger partial charge is 0.481 e. The Labute approximate surface area is 89.2 Å². The van der Waals surface area contributed by atoms with Gasteiger partial charge < -0.3 is 10.8 Å². The van der Waals surface area contributed by atoms with Crippen LogP contribution in [0.1, 0.15) is 17.5 Å². The lowest BCUT2D eigenvalue weighted by molar-refractivity contribution is -0.136. The van der Waals surface area contributed by atoms with Crippen molar-refractivity contribution in [3.8, 4) is 0 Å². The molecule has 0 saturated carbocycles. The van der Waals surface area contributed by atoms with Crippen LogP contribution in [0, 0.1) is 0 Å². The normalized spacial score (nSPS) is 10.7. The summed E-state index contributed by atoms with van der Waals surface area (Å²) < 4.78 is 0. The predicted octanol–water partition coefficient (Wildman–Crippen LogP) is 1.68. The Morgan fingerprint density at radius 3 is 2.53 bits per heavy atom. The highest BCUT2D eigenvalue weighted by atomic mass is 16.4. The van der Waals surface area contributed by atoms with Gasteiger partial charge in [0.15, 0.2) is 0 Å². The summed E-state index contributed by atoms with van der Waals surface area (Å²) in [7, 11) is 0. The third-order valence-electron chi connectivity index (χ3n) is 2.05. The Morgan fingerprint density at radius 2 is 2.00 bits per heavy atom. The lowest BCUT2D eigenvalue weighted by Crippen LogP contribution is -1.97. The van der Waals surface area contributed by atoms with Gasteiger partial charge in [0.1, 0.15) is 0 Å². The summed E-state index contributed by atoms with van der Waals surface area (Å²) in [6.07, 6.45) is 4.58. The second-order valence-corrected chi connectivity index (χ2v) is 3.27. The Hall–Kier alpha value is -1.61. The van der Waals surface area contributed by atoms with E-state index in [4.69, 9.17) is 10.8 Å². The molecule has 0 spiro atoms. The number of hydrogen-bond acceptors (Lipinski definition) is 2. The van der Waals surface area contributed by atoms with Crippen molar-refractivity contribution in [1.29, 1.82) is 0 Å². The van der Waals surface area contributed by atoms with Crippen LogP contribution < -0.4 is 5.73 Å². The fourth-order valence-electron chi connectivity index (χ4n) is 1.25. The molecule has 3 N–H and O–H groups in total. The number of carboxylic acids is 1. The molecule has 0 amide bonds. The van der Waals surface area contributed by atoms with Crippen molar-refractivity contribution in [3.05, 3.63) is 41.5 Å². The first kappa shape index (κ1) is 11.5. The number of nitrogens with two attached hydrogens (primary N) is 1. The first-order valence-electron chi connectivity index (χ1n) is 4.89. The SMILES string of the molecule is NCC=Cc1ccc(CCC(=O)O)cc1. The standard InChI is InChI=1S/C12H15NO2/c13-9-1-2-10-3-5-11(6-4-10)7-8-12(14)15/h1-6H,7-9,13H2,(H,14,15). The zero-order valence-electron chi connectivity index (χ0n) is 8.52. The highest BCUT2D eigenvalue weighted by molar-refractivity contribution is 5.67. The van der Waals surface area contributed by atoms with Gasteiger partial charge in [-0.15, -0.1) is 0 Å². The third kappa shape index (κ3) is 4.42. The number of aryl methyl sites for hydroxylation is 1. The van der Waals surface area contributed by atoms with Crippen molar-refractivity contribution in [2.45, 2.75) is 12.8 Å². The molecule has 1 aromatic carbocycles. The minimum atomic E-state index is -0.762. The molecule has 0 aliphatic heterocycles. The molecule has 0 aliphatic carbocycles. The van der Waals surface area contributed by atoms with Crippen LogP contribution in [0.25, 0.3) is 6.08 Å². The maximum Gasteiger partial charge on any atom is 0.303 e. The molecule has 1 rings (SSSR count). The van der Waals surface area contributed by atoms with E-state index in [9.17, 15) is 4.79 Å². The molecule has 0 aliphatic rings. The molecule has 0 saturated heterocycles. The average Bonchev–Trinajstić information content (AvgIpc) is 2.25. The van der Waals surface area contributed by atoms with Crippen LogP contribution in [0.5, 0.6) is 0 Å². The second kappa shape index (κ2) is 5.98. The van der Waals surface area contributed by atoms with Crippen molar-refractivity contribution in [2.75, 3.05) is 6.54 Å². The minimum absolute atomic E-state index is 0.179. The van der Waals surface area contributed by atoms with E-state index >= 15 is 0 Å². The van der Waals surface area contributed by atoms with Gasteiger partial charge in [-0.25, -0.2) is 0 Å². The van der Waals surface area contributed by atoms with Crippen molar-refractivity contribution in [3.63, 3.8) is 0 Å². The quantitative estimate of drug-likeness (QED) is 0.768. The lowest BCUT2D eigenvalue weighted by Gasteiger charge is -1.99. The number of aliphatic carboxylic acids is 1. The molecule has 0 atom stereocenters. The van der Waals surface area contributed by atoms with Gasteiger partial charge >= 0.3 is 5.97 Å². The fraction of sp³-hybridized carbons (Fsp3) is 0.250. The summed E-state index contributed by atoms with van der Waals surface area (Å²) in [4.78, 5) is 10.4. The molecule has 3 heteroatoms. The molecule has 0 heterocycles. The highest BCUT2D eigenvalue weighted by Crippen LogP contribution is 2.08. The number of hydrogen-bond donors (Lipinski definition) is 2. The lowest BCUT2D eigenvalue weighted by atomic mass is 10.1. The molecule has 1 aromatic rings. The first-order valence-corrected chi connectivity index (χ1v) is 4.89. The van der Waals surface area contributed by atoms with E-state index in [0.29, 0.717) is 13.0 Å². The highest BCUT2D eigenvalue weighted by Gasteiger charge is 1.98. The van der Waals surface area contributed by atoms with E-state index in [1.165, 1.54) is 0 Å². The maximum atomic E-state index is 10.4. The molecule has 80 valence electrons. The second-order valence-electron chi connectivity index (χ2n) is 3.27. The number of carbonyl (C=O) groups is 1. The number of benzene rings is 1. The number of rotatable bonds is 5. The van der Waals surface area contributed by atoms with Gasteiger partial charge in [0.2, 0.25) is 0 Å². The first-order chi connectivity index (χ1) is 7.22. The van der Waals surface area contributed by atoms with Crippen molar-refractivity contribution in [1.82, 2.24) is 0 Å². The van der Waals surface area contributed by atoms with Crippen LogP contribution in [0.3, 0.4) is 0 Å². The van der Waals surface area contributed by atoms with Crippen molar-refractivity contribution < 1.29 is 9.90 Å². The zero-order valence-corrected chi connectivity index (χ0v) is 8.52. The summed E-state index contributed by atoms with van der Waals surface area (Å²) in [5.41, 5.74) is 7.46. The molecule has 0 bridgehead atoms. The molecular weight excluding hydrogens is 190 g/mol. The summed E-state index contributed by atoms with van der Waals surface area (Å²) in [6, 6.07) is 7.81.